The Balaban J connectivity index is 1.42. The lowest BCUT2D eigenvalue weighted by Crippen LogP contribution is -2.35. The number of hydrogen-bond donors (Lipinski definition) is 2. The van der Waals surface area contributed by atoms with Gasteiger partial charge in [-0.2, -0.15) is 0 Å². The predicted octanol–water partition coefficient (Wildman–Crippen LogP) is 3.30. The van der Waals surface area contributed by atoms with Gasteiger partial charge < -0.3 is 19.8 Å². The van der Waals surface area contributed by atoms with E-state index in [1.165, 1.54) is 4.90 Å². The summed E-state index contributed by atoms with van der Waals surface area (Å²) in [7, 11) is 1.65. The maximum atomic E-state index is 12.4. The van der Waals surface area contributed by atoms with Gasteiger partial charge in [-0.15, -0.1) is 0 Å². The molecule has 1 unspecified atom stereocenters. The van der Waals surface area contributed by atoms with Crippen molar-refractivity contribution in [3.05, 3.63) is 72.4 Å². The Labute approximate surface area is 190 Å². The van der Waals surface area contributed by atoms with Gasteiger partial charge >= 0.3 is 0 Å². The fourth-order valence-corrected chi connectivity index (χ4v) is 3.84. The molecule has 166 valence electrons. The number of amides is 1. The summed E-state index contributed by atoms with van der Waals surface area (Å²) in [6.45, 7) is 2.37. The first-order chi connectivity index (χ1) is 15.9. The van der Waals surface area contributed by atoms with Crippen LogP contribution in [0.15, 0.2) is 65.4 Å². The summed E-state index contributed by atoms with van der Waals surface area (Å²) in [5.74, 6) is 0.227. The van der Waals surface area contributed by atoms with Crippen LogP contribution in [-0.2, 0) is 10.4 Å². The number of carbonyl (C=O) groups excluding carboxylic acids is 1. The second kappa shape index (κ2) is 8.10. The van der Waals surface area contributed by atoms with E-state index in [1.54, 1.807) is 25.5 Å². The van der Waals surface area contributed by atoms with Crippen LogP contribution in [0.25, 0.3) is 22.5 Å². The molecule has 9 heteroatoms. The molecule has 9 nitrogen and oxygen atoms in total. The average molecular weight is 442 g/mol. The van der Waals surface area contributed by atoms with Crippen molar-refractivity contribution in [3.63, 3.8) is 0 Å². The van der Waals surface area contributed by atoms with Gasteiger partial charge in [0.1, 0.15) is 5.69 Å². The molecule has 1 amide bonds. The zero-order valence-electron chi connectivity index (χ0n) is 18.2. The number of aromatic nitrogens is 4. The van der Waals surface area contributed by atoms with Crippen molar-refractivity contribution in [3.8, 4) is 22.5 Å². The van der Waals surface area contributed by atoms with Crippen LogP contribution in [0.5, 0.6) is 0 Å². The van der Waals surface area contributed by atoms with Gasteiger partial charge in [-0.25, -0.2) is 9.97 Å². The van der Waals surface area contributed by atoms with Crippen LogP contribution in [0.4, 0.5) is 11.6 Å². The predicted molar refractivity (Wildman–Crippen MR) is 121 cm³/mol. The number of nitrogens with zero attached hydrogens (tertiary/aromatic N) is 5. The maximum absolute atomic E-state index is 12.4. The summed E-state index contributed by atoms with van der Waals surface area (Å²) < 4.78 is 5.38. The number of likely N-dealkylation sites (tertiary alicyclic amines) is 1. The highest BCUT2D eigenvalue weighted by molar-refractivity contribution is 5.87. The van der Waals surface area contributed by atoms with E-state index in [1.807, 2.05) is 49.4 Å². The molecule has 1 aliphatic rings. The van der Waals surface area contributed by atoms with Crippen LogP contribution >= 0.6 is 0 Å². The van der Waals surface area contributed by atoms with Gasteiger partial charge in [0.25, 0.3) is 5.91 Å². The Morgan fingerprint density at radius 2 is 1.88 bits per heavy atom. The van der Waals surface area contributed by atoms with Crippen molar-refractivity contribution in [2.45, 2.75) is 18.9 Å². The van der Waals surface area contributed by atoms with E-state index in [9.17, 15) is 9.90 Å². The van der Waals surface area contributed by atoms with Crippen LogP contribution < -0.4 is 5.32 Å². The van der Waals surface area contributed by atoms with Crippen LogP contribution in [0.3, 0.4) is 0 Å². The molecular weight excluding hydrogens is 420 g/mol. The lowest BCUT2D eigenvalue weighted by molar-refractivity contribution is -0.144. The second-order valence-electron chi connectivity index (χ2n) is 8.02. The average Bonchev–Trinajstić information content (AvgIpc) is 3.43. The summed E-state index contributed by atoms with van der Waals surface area (Å²) in [4.78, 5) is 27.0. The summed E-state index contributed by atoms with van der Waals surface area (Å²) >= 11 is 0. The highest BCUT2D eigenvalue weighted by Crippen LogP contribution is 2.35. The van der Waals surface area contributed by atoms with Crippen LogP contribution in [0.2, 0.25) is 0 Å². The van der Waals surface area contributed by atoms with Gasteiger partial charge in [-0.1, -0.05) is 23.4 Å². The molecule has 0 radical (unpaired) electrons. The summed E-state index contributed by atoms with van der Waals surface area (Å²) in [6, 6.07) is 14.9. The molecule has 0 spiro atoms. The highest BCUT2D eigenvalue weighted by Gasteiger charge is 2.48. The smallest absolute Gasteiger partial charge is 0.262 e. The van der Waals surface area contributed by atoms with Crippen molar-refractivity contribution < 1.29 is 14.4 Å². The summed E-state index contributed by atoms with van der Waals surface area (Å²) in [6.07, 6.45) is 3.69. The Morgan fingerprint density at radius 3 is 2.64 bits per heavy atom. The number of aliphatic hydroxyl groups is 1. The first-order valence-electron chi connectivity index (χ1n) is 10.5. The number of carbonyl (C=O) groups is 1. The Morgan fingerprint density at radius 1 is 1.06 bits per heavy atom. The van der Waals surface area contributed by atoms with Crippen LogP contribution in [0.1, 0.15) is 17.9 Å². The fourth-order valence-electron chi connectivity index (χ4n) is 3.84. The molecule has 1 aliphatic heterocycles. The molecule has 5 rings (SSSR count). The van der Waals surface area contributed by atoms with Gasteiger partial charge in [-0.05, 0) is 31.2 Å². The molecule has 1 aromatic carbocycles. The highest BCUT2D eigenvalue weighted by atomic mass is 16.5. The third kappa shape index (κ3) is 3.83. The van der Waals surface area contributed by atoms with Crippen LogP contribution in [0, 0.1) is 6.92 Å². The summed E-state index contributed by atoms with van der Waals surface area (Å²) in [5.41, 5.74) is 2.91. The first-order valence-corrected chi connectivity index (χ1v) is 10.5. The molecular formula is C24H22N6O3. The van der Waals surface area contributed by atoms with E-state index in [0.717, 1.165) is 28.2 Å². The lowest BCUT2D eigenvalue weighted by Gasteiger charge is -2.16. The van der Waals surface area contributed by atoms with E-state index >= 15 is 0 Å². The van der Waals surface area contributed by atoms with Gasteiger partial charge in [0.05, 0.1) is 17.1 Å². The molecule has 3 aromatic heterocycles. The molecule has 1 saturated heterocycles. The Kier molecular flexibility index (Phi) is 5.10. The number of benzene rings is 1. The maximum Gasteiger partial charge on any atom is 0.262 e. The quantitative estimate of drug-likeness (QED) is 0.484. The number of aryl methyl sites for hydroxylation is 1. The number of rotatable bonds is 5. The Hall–Kier alpha value is -4.11. The molecule has 0 bridgehead atoms. The van der Waals surface area contributed by atoms with E-state index in [-0.39, 0.29) is 18.1 Å². The zero-order chi connectivity index (χ0) is 23.0. The minimum absolute atomic E-state index is 0.151. The number of nitrogens with one attached hydrogen (secondary N) is 1. The normalized spacial score (nSPS) is 18.0. The topological polar surface area (TPSA) is 117 Å². The lowest BCUT2D eigenvalue weighted by atomic mass is 9.98. The van der Waals surface area contributed by atoms with Gasteiger partial charge in [0.2, 0.25) is 11.5 Å². The molecule has 0 saturated carbocycles. The van der Waals surface area contributed by atoms with E-state index in [4.69, 9.17) is 4.52 Å². The largest absolute Gasteiger partial charge is 0.373 e. The number of pyridine rings is 1. The standard InChI is InChI=1S/C24H22N6O3/c1-15-18(7-4-10-25-15)27-23-26-11-8-19(28-23)16-5-3-6-17(13-16)20-14-21(33-29-20)24(32)9-12-30(2)22(24)31/h3-8,10-11,13-14,32H,9,12H2,1-2H3,(H,26,27,28). The van der Waals surface area contributed by atoms with E-state index in [0.29, 0.717) is 18.2 Å². The third-order valence-electron chi connectivity index (χ3n) is 5.79. The van der Waals surface area contributed by atoms with Gasteiger partial charge in [0.15, 0.2) is 5.76 Å². The number of likely N-dealkylation sites (N-methyl/N-ethyl adjacent to an activating group) is 1. The monoisotopic (exact) mass is 442 g/mol. The van der Waals surface area contributed by atoms with Gasteiger partial charge in [0, 0.05) is 49.6 Å². The minimum Gasteiger partial charge on any atom is -0.373 e. The molecule has 1 atom stereocenters. The van der Waals surface area contributed by atoms with E-state index < -0.39 is 5.60 Å². The molecule has 33 heavy (non-hydrogen) atoms. The molecule has 2 N–H and O–H groups in total. The van der Waals surface area contributed by atoms with Crippen molar-refractivity contribution in [1.82, 2.24) is 25.0 Å². The van der Waals surface area contributed by atoms with Crippen molar-refractivity contribution >= 4 is 17.5 Å². The SMILES string of the molecule is Cc1ncccc1Nc1nccc(-c2cccc(-c3cc(C4(O)CCN(C)C4=O)on3)c2)n1. The number of anilines is 2. The number of hydrogen-bond acceptors (Lipinski definition) is 8. The zero-order valence-corrected chi connectivity index (χ0v) is 18.2. The van der Waals surface area contributed by atoms with Gasteiger partial charge in [-0.3, -0.25) is 9.78 Å². The minimum atomic E-state index is -1.67. The molecule has 4 heterocycles. The Bertz CT molecular complexity index is 1340. The van der Waals surface area contributed by atoms with Crippen molar-refractivity contribution in [1.29, 1.82) is 0 Å². The second-order valence-corrected chi connectivity index (χ2v) is 8.02. The van der Waals surface area contributed by atoms with Crippen LogP contribution in [-0.4, -0.2) is 49.6 Å². The fraction of sp³-hybridized carbons (Fsp3) is 0.208. The van der Waals surface area contributed by atoms with E-state index in [2.05, 4.69) is 25.4 Å². The van der Waals surface area contributed by atoms with Crippen molar-refractivity contribution in [2.75, 3.05) is 18.9 Å². The molecule has 4 aromatic rings. The first kappa shape index (κ1) is 20.8. The summed E-state index contributed by atoms with van der Waals surface area (Å²) in [5, 5.41) is 18.1. The van der Waals surface area contributed by atoms with Crippen molar-refractivity contribution in [2.24, 2.45) is 0 Å². The molecule has 1 fully saturated rings. The molecule has 0 aliphatic carbocycles. The third-order valence-corrected chi connectivity index (χ3v) is 5.79.